The van der Waals surface area contributed by atoms with Crippen LogP contribution < -0.4 is 14.7 Å². The van der Waals surface area contributed by atoms with E-state index in [0.29, 0.717) is 0 Å². The maximum atomic E-state index is 6.44. The van der Waals surface area contributed by atoms with E-state index in [2.05, 4.69) is 541 Å². The minimum absolute atomic E-state index is 0.0403. The molecule has 6 aliphatic carbocycles. The summed E-state index contributed by atoms with van der Waals surface area (Å²) in [5.41, 5.74) is 51.7. The highest BCUT2D eigenvalue weighted by Crippen LogP contribution is 2.63. The van der Waals surface area contributed by atoms with E-state index in [9.17, 15) is 0 Å². The first-order chi connectivity index (χ1) is 73.0. The zero-order chi connectivity index (χ0) is 101. The lowest BCUT2D eigenvalue weighted by Gasteiger charge is -2.33. The van der Waals surface area contributed by atoms with Crippen molar-refractivity contribution >= 4 is 136 Å². The SMILES string of the molecule is CC1(C)c2ccccc2-c2cc(N(c3ccc(-c4cccc5c4oc4ccccc45)cc3)c3cccc4c3C(C)(C)c3ccccc3-4)ccc21.CC1(C)c2ccccc2-c2cc(N(c3ccc(-c4cccc5sc6ccccc6c45)cc3)c3cccc4c3C(C)(C)c3ccccc3-4)ccc21.CC1(C)c2ccccc2-c2cc(N(c3cccc(-c4cccc5c4sc4ccccc45)c3)c3cccc4c3C(C)(C)c3ccccc3-4)ccc21. The molecule has 0 fully saturated rings. The first-order valence-corrected chi connectivity index (χ1v) is 54.5. The Kier molecular flexibility index (Phi) is 20.5. The Morgan fingerprint density at radius 2 is 0.480 bits per heavy atom. The number of thiophene rings is 2. The van der Waals surface area contributed by atoms with Gasteiger partial charge in [-0.05, 0) is 277 Å². The van der Waals surface area contributed by atoms with Crippen LogP contribution in [0.2, 0.25) is 0 Å². The van der Waals surface area contributed by atoms with E-state index >= 15 is 0 Å². The molecule has 0 unspecified atom stereocenters. The lowest BCUT2D eigenvalue weighted by atomic mass is 9.81. The van der Waals surface area contributed by atoms with Gasteiger partial charge in [-0.25, -0.2) is 0 Å². The van der Waals surface area contributed by atoms with E-state index in [4.69, 9.17) is 4.42 Å². The largest absolute Gasteiger partial charge is 0.455 e. The van der Waals surface area contributed by atoms with Gasteiger partial charge in [-0.1, -0.05) is 423 Å². The van der Waals surface area contributed by atoms with Crippen LogP contribution in [-0.2, 0) is 32.5 Å². The molecule has 0 spiro atoms. The molecular weight excluding hydrogens is 1850 g/mol. The van der Waals surface area contributed by atoms with Crippen LogP contribution in [0.3, 0.4) is 0 Å². The molecule has 0 radical (unpaired) electrons. The number of hydrogen-bond donors (Lipinski definition) is 0. The molecule has 150 heavy (non-hydrogen) atoms. The molecule has 0 saturated heterocycles. The fourth-order valence-electron chi connectivity index (χ4n) is 27.2. The Morgan fingerprint density at radius 3 is 0.940 bits per heavy atom. The number of hydrogen-bond acceptors (Lipinski definition) is 6. The highest BCUT2D eigenvalue weighted by atomic mass is 32.1. The molecule has 0 saturated carbocycles. The van der Waals surface area contributed by atoms with Gasteiger partial charge in [0.15, 0.2) is 0 Å². The first kappa shape index (κ1) is 90.8. The van der Waals surface area contributed by atoms with E-state index < -0.39 is 0 Å². The predicted molar refractivity (Wildman–Crippen MR) is 638 cm³/mol. The summed E-state index contributed by atoms with van der Waals surface area (Å²) in [4.78, 5) is 7.51. The monoisotopic (exact) mass is 1960 g/mol. The number of rotatable bonds is 12. The van der Waals surface area contributed by atoms with Crippen molar-refractivity contribution in [2.45, 2.75) is 116 Å². The summed E-state index contributed by atoms with van der Waals surface area (Å²) in [7, 11) is 0. The highest BCUT2D eigenvalue weighted by molar-refractivity contribution is 7.26. The molecule has 21 aromatic carbocycles. The van der Waals surface area contributed by atoms with E-state index in [1.54, 1.807) is 0 Å². The van der Waals surface area contributed by atoms with Crippen LogP contribution in [-0.4, -0.2) is 0 Å². The summed E-state index contributed by atoms with van der Waals surface area (Å²) < 4.78 is 11.8. The molecule has 6 heteroatoms. The van der Waals surface area contributed by atoms with Gasteiger partial charge in [-0.15, -0.1) is 22.7 Å². The predicted octanol–water partition coefficient (Wildman–Crippen LogP) is 40.9. The molecule has 24 aromatic rings. The van der Waals surface area contributed by atoms with Gasteiger partial charge in [0.1, 0.15) is 11.2 Å². The Hall–Kier alpha value is -16.7. The van der Waals surface area contributed by atoms with Crippen LogP contribution in [0, 0.1) is 0 Å². The van der Waals surface area contributed by atoms with Crippen LogP contribution >= 0.6 is 22.7 Å². The number of para-hydroxylation sites is 2. The second-order valence-corrected chi connectivity index (χ2v) is 46.9. The first-order valence-electron chi connectivity index (χ1n) is 52.8. The van der Waals surface area contributed by atoms with Crippen molar-refractivity contribution in [3.8, 4) is 100 Å². The van der Waals surface area contributed by atoms with Crippen molar-refractivity contribution in [2.75, 3.05) is 14.7 Å². The summed E-state index contributed by atoms with van der Waals surface area (Å²) in [5.74, 6) is 0. The Morgan fingerprint density at radius 1 is 0.180 bits per heavy atom. The average Bonchev–Trinajstić information content (AvgIpc) is 1.56. The highest BCUT2D eigenvalue weighted by Gasteiger charge is 2.46. The molecule has 30 rings (SSSR count). The second kappa shape index (κ2) is 33.9. The number of furan rings is 1. The van der Waals surface area contributed by atoms with Crippen LogP contribution in [0.25, 0.3) is 162 Å². The molecule has 0 aliphatic heterocycles. The van der Waals surface area contributed by atoms with Crippen molar-refractivity contribution in [3.05, 3.63) is 522 Å². The van der Waals surface area contributed by atoms with E-state index in [1.807, 2.05) is 34.8 Å². The topological polar surface area (TPSA) is 22.9 Å². The number of fused-ring (bicyclic) bond motifs is 27. The maximum Gasteiger partial charge on any atom is 0.143 e. The van der Waals surface area contributed by atoms with Crippen LogP contribution in [0.4, 0.5) is 51.2 Å². The molecule has 3 aromatic heterocycles. The fraction of sp³-hybridized carbons (Fsp3) is 0.125. The van der Waals surface area contributed by atoms with Crippen molar-refractivity contribution < 1.29 is 4.42 Å². The van der Waals surface area contributed by atoms with Gasteiger partial charge in [-0.2, -0.15) is 0 Å². The lowest BCUT2D eigenvalue weighted by Crippen LogP contribution is -2.21. The Labute approximate surface area is 885 Å². The van der Waals surface area contributed by atoms with E-state index in [-0.39, 0.29) is 32.5 Å². The standard InChI is InChI=1S/C48H37NO.2C48H37NS/c1-47(2)40-19-8-6-14-35(40)39-29-32(27-28-42(39)47)49(43-21-12-17-37-34-13-5-9-20-41(34)48(3,4)45(37)43)31-25-23-30(24-26-31)33-16-11-18-38-36-15-7-10-22-44(36)50-46(33)38;1-47(2)40-22-8-6-17-35(40)39-29-32(26-27-42(39)47)49(43-24-13-20-37-34-16-5-9-23-41(34)48(3,4)45(37)43)31-15-11-14-30(28-31)33-19-12-21-38-36-18-7-10-25-44(36)50-46(33)38;1-47(2)39-18-8-6-14-35(39)38-29-32(27-28-41(38)47)49(42-20-11-17-36-34-13-5-9-19-40(34)48(3,4)46(36)42)31-25-23-30(24-26-31)33-16-12-22-44-45(33)37-15-7-10-21-43(37)50-44/h3*5-29H,1-4H3. The zero-order valence-corrected chi connectivity index (χ0v) is 88.0. The van der Waals surface area contributed by atoms with E-state index in [0.717, 1.165) is 55.8 Å². The Balaban J connectivity index is 0.000000108. The zero-order valence-electron chi connectivity index (χ0n) is 86.4. The average molecular weight is 1960 g/mol. The van der Waals surface area contributed by atoms with Gasteiger partial charge in [0.2, 0.25) is 0 Å². The van der Waals surface area contributed by atoms with Gasteiger partial charge < -0.3 is 19.1 Å². The third kappa shape index (κ3) is 13.7. The summed E-state index contributed by atoms with van der Waals surface area (Å²) in [6, 6.07) is 169. The molecule has 6 aliphatic rings. The summed E-state index contributed by atoms with van der Waals surface area (Å²) in [5, 5.41) is 7.62. The third-order valence-electron chi connectivity index (χ3n) is 34.4. The van der Waals surface area contributed by atoms with Gasteiger partial charge in [0.05, 0.1) is 17.1 Å². The summed E-state index contributed by atoms with van der Waals surface area (Å²) in [6.07, 6.45) is 0. The van der Waals surface area contributed by atoms with E-state index in [1.165, 1.54) is 225 Å². The van der Waals surface area contributed by atoms with Crippen LogP contribution in [0.5, 0.6) is 0 Å². The van der Waals surface area contributed by atoms with Gasteiger partial charge in [0.25, 0.3) is 0 Å². The molecule has 0 bridgehead atoms. The van der Waals surface area contributed by atoms with Crippen molar-refractivity contribution in [3.63, 3.8) is 0 Å². The number of nitrogens with zero attached hydrogens (tertiary/aromatic N) is 3. The molecular formula is C144H111N3OS2. The van der Waals surface area contributed by atoms with Gasteiger partial charge in [0, 0.05) is 123 Å². The molecule has 720 valence electrons. The van der Waals surface area contributed by atoms with Crippen molar-refractivity contribution in [1.29, 1.82) is 0 Å². The van der Waals surface area contributed by atoms with Crippen molar-refractivity contribution in [2.24, 2.45) is 0 Å². The number of benzene rings is 21. The minimum atomic E-state index is -0.164. The second-order valence-electron chi connectivity index (χ2n) is 44.8. The molecule has 0 atom stereocenters. The minimum Gasteiger partial charge on any atom is -0.455 e. The number of anilines is 9. The smallest absolute Gasteiger partial charge is 0.143 e. The summed E-state index contributed by atoms with van der Waals surface area (Å²) >= 11 is 3.77. The fourth-order valence-corrected chi connectivity index (χ4v) is 29.6. The third-order valence-corrected chi connectivity index (χ3v) is 36.7. The molecule has 3 heterocycles. The normalized spacial score (nSPS) is 14.7. The van der Waals surface area contributed by atoms with Crippen LogP contribution in [0.15, 0.2) is 459 Å². The Bertz CT molecular complexity index is 9740. The maximum absolute atomic E-state index is 6.44. The van der Waals surface area contributed by atoms with Crippen LogP contribution in [0.1, 0.15) is 150 Å². The molecule has 4 nitrogen and oxygen atoms in total. The quantitative estimate of drug-likeness (QED) is 0.122. The summed E-state index contributed by atoms with van der Waals surface area (Å²) in [6.45, 7) is 28.4. The van der Waals surface area contributed by atoms with Gasteiger partial charge in [-0.3, -0.25) is 0 Å². The van der Waals surface area contributed by atoms with Crippen molar-refractivity contribution in [1.82, 2.24) is 0 Å². The lowest BCUT2D eigenvalue weighted by molar-refractivity contribution is 0.659. The molecule has 0 amide bonds. The van der Waals surface area contributed by atoms with Gasteiger partial charge >= 0.3 is 0 Å². The molecule has 0 N–H and O–H groups in total.